The number of hydrogen-bond donors (Lipinski definition) is 1. The van der Waals surface area contributed by atoms with Crippen LogP contribution in [-0.2, 0) is 22.6 Å². The molecule has 7 heteroatoms. The van der Waals surface area contributed by atoms with Crippen LogP contribution in [0, 0.1) is 5.82 Å². The molecule has 2 amide bonds. The molecule has 0 radical (unpaired) electrons. The van der Waals surface area contributed by atoms with E-state index >= 15 is 0 Å². The van der Waals surface area contributed by atoms with Gasteiger partial charge in [-0.1, -0.05) is 18.6 Å². The minimum Gasteiger partial charge on any atom is -0.351 e. The van der Waals surface area contributed by atoms with Gasteiger partial charge in [0.05, 0.1) is 18.4 Å². The van der Waals surface area contributed by atoms with Gasteiger partial charge in [0.25, 0.3) is 0 Å². The highest BCUT2D eigenvalue weighted by Crippen LogP contribution is 2.32. The molecule has 6 nitrogen and oxygen atoms in total. The number of rotatable bonds is 4. The molecule has 0 bridgehead atoms. The van der Waals surface area contributed by atoms with Crippen molar-refractivity contribution in [3.63, 3.8) is 0 Å². The molecule has 3 heterocycles. The summed E-state index contributed by atoms with van der Waals surface area (Å²) >= 11 is 0. The number of carbonyl (C=O) groups excluding carboxylic acids is 2. The van der Waals surface area contributed by atoms with E-state index < -0.39 is 0 Å². The molecule has 28 heavy (non-hydrogen) atoms. The van der Waals surface area contributed by atoms with Crippen molar-refractivity contribution < 1.29 is 14.0 Å². The van der Waals surface area contributed by atoms with E-state index in [1.54, 1.807) is 29.4 Å². The average Bonchev–Trinajstić information content (AvgIpc) is 3.25. The Hall–Kier alpha value is -2.70. The number of benzene rings is 1. The molecule has 0 spiro atoms. The fourth-order valence-corrected chi connectivity index (χ4v) is 4.57. The lowest BCUT2D eigenvalue weighted by molar-refractivity contribution is -0.135. The van der Waals surface area contributed by atoms with Gasteiger partial charge in [0.2, 0.25) is 11.8 Å². The molecule has 4 rings (SSSR count). The largest absolute Gasteiger partial charge is 0.351 e. The number of carbonyl (C=O) groups is 2. The Morgan fingerprint density at radius 2 is 2.21 bits per heavy atom. The lowest BCUT2D eigenvalue weighted by Crippen LogP contribution is -2.49. The van der Waals surface area contributed by atoms with Gasteiger partial charge in [-0.2, -0.15) is 0 Å². The summed E-state index contributed by atoms with van der Waals surface area (Å²) in [6.45, 7) is 0.219. The molecular weight excluding hydrogens is 359 g/mol. The van der Waals surface area contributed by atoms with Crippen molar-refractivity contribution in [3.8, 4) is 0 Å². The van der Waals surface area contributed by atoms with Crippen molar-refractivity contribution in [1.82, 2.24) is 19.8 Å². The SMILES string of the molecule is O=C1CCCC[C@@H]2[C@H](C[C@@H](Cc3cccc(F)c3)N2C(=O)Cn2ccnc2)N1. The van der Waals surface area contributed by atoms with Crippen LogP contribution in [0.3, 0.4) is 0 Å². The summed E-state index contributed by atoms with van der Waals surface area (Å²) in [7, 11) is 0. The van der Waals surface area contributed by atoms with Gasteiger partial charge in [0.1, 0.15) is 12.4 Å². The third-order valence-electron chi connectivity index (χ3n) is 5.77. The zero-order chi connectivity index (χ0) is 19.5. The number of halogens is 1. The number of hydrogen-bond acceptors (Lipinski definition) is 3. The topological polar surface area (TPSA) is 67.2 Å². The van der Waals surface area contributed by atoms with Crippen molar-refractivity contribution in [2.45, 2.75) is 63.2 Å². The van der Waals surface area contributed by atoms with E-state index in [1.807, 2.05) is 11.0 Å². The molecule has 3 atom stereocenters. The third kappa shape index (κ3) is 4.08. The third-order valence-corrected chi connectivity index (χ3v) is 5.77. The monoisotopic (exact) mass is 384 g/mol. The normalized spacial score (nSPS) is 25.0. The van der Waals surface area contributed by atoms with Crippen molar-refractivity contribution in [2.24, 2.45) is 0 Å². The van der Waals surface area contributed by atoms with Crippen molar-refractivity contribution in [2.75, 3.05) is 0 Å². The Balaban J connectivity index is 1.59. The highest BCUT2D eigenvalue weighted by Gasteiger charge is 2.44. The number of likely N-dealkylation sites (tertiary alicyclic amines) is 1. The van der Waals surface area contributed by atoms with Crippen LogP contribution in [0.2, 0.25) is 0 Å². The van der Waals surface area contributed by atoms with E-state index in [1.165, 1.54) is 12.1 Å². The lowest BCUT2D eigenvalue weighted by Gasteiger charge is -2.33. The van der Waals surface area contributed by atoms with Crippen LogP contribution in [0.1, 0.15) is 37.7 Å². The average molecular weight is 384 g/mol. The summed E-state index contributed by atoms with van der Waals surface area (Å²) in [4.78, 5) is 31.3. The Labute approximate surface area is 163 Å². The summed E-state index contributed by atoms with van der Waals surface area (Å²) in [5.74, 6) is -0.198. The lowest BCUT2D eigenvalue weighted by atomic mass is 9.97. The van der Waals surface area contributed by atoms with Crippen LogP contribution in [0.25, 0.3) is 0 Å². The second-order valence-electron chi connectivity index (χ2n) is 7.75. The number of amides is 2. The van der Waals surface area contributed by atoms with Crippen LogP contribution in [0.4, 0.5) is 4.39 Å². The highest BCUT2D eigenvalue weighted by atomic mass is 19.1. The second kappa shape index (κ2) is 8.12. The van der Waals surface area contributed by atoms with Crippen LogP contribution in [-0.4, -0.2) is 44.4 Å². The van der Waals surface area contributed by atoms with E-state index in [4.69, 9.17) is 0 Å². The van der Waals surface area contributed by atoms with Gasteiger partial charge in [-0.15, -0.1) is 0 Å². The minimum atomic E-state index is -0.272. The minimum absolute atomic E-state index is 0.0150. The molecule has 2 fully saturated rings. The van der Waals surface area contributed by atoms with E-state index in [-0.39, 0.29) is 42.3 Å². The van der Waals surface area contributed by atoms with E-state index in [0.29, 0.717) is 19.3 Å². The summed E-state index contributed by atoms with van der Waals surface area (Å²) in [6.07, 6.45) is 9.52. The molecule has 2 aromatic rings. The maximum Gasteiger partial charge on any atom is 0.243 e. The van der Waals surface area contributed by atoms with E-state index in [2.05, 4.69) is 10.3 Å². The molecule has 148 valence electrons. The van der Waals surface area contributed by atoms with Crippen LogP contribution in [0.15, 0.2) is 43.0 Å². The molecule has 2 saturated heterocycles. The number of nitrogens with zero attached hydrogens (tertiary/aromatic N) is 3. The molecule has 0 unspecified atom stereocenters. The Morgan fingerprint density at radius 1 is 1.32 bits per heavy atom. The first kappa shape index (κ1) is 18.7. The number of aromatic nitrogens is 2. The molecule has 2 aliphatic heterocycles. The zero-order valence-corrected chi connectivity index (χ0v) is 15.8. The fourth-order valence-electron chi connectivity index (χ4n) is 4.57. The molecule has 2 aliphatic rings. The molecule has 0 saturated carbocycles. The van der Waals surface area contributed by atoms with E-state index in [9.17, 15) is 14.0 Å². The van der Waals surface area contributed by atoms with Crippen LogP contribution in [0.5, 0.6) is 0 Å². The predicted molar refractivity (Wildman–Crippen MR) is 102 cm³/mol. The summed E-state index contributed by atoms with van der Waals surface area (Å²) in [5.41, 5.74) is 0.867. The van der Waals surface area contributed by atoms with Crippen LogP contribution < -0.4 is 5.32 Å². The predicted octanol–water partition coefficient (Wildman–Crippen LogP) is 2.29. The fraction of sp³-hybridized carbons (Fsp3) is 0.476. The molecule has 1 aromatic carbocycles. The van der Waals surface area contributed by atoms with Crippen molar-refractivity contribution in [1.29, 1.82) is 0 Å². The van der Waals surface area contributed by atoms with Gasteiger partial charge in [-0.3, -0.25) is 9.59 Å². The first-order valence-corrected chi connectivity index (χ1v) is 9.91. The molecule has 1 aromatic heterocycles. The number of fused-ring (bicyclic) bond motifs is 1. The highest BCUT2D eigenvalue weighted by molar-refractivity contribution is 5.79. The van der Waals surface area contributed by atoms with Crippen LogP contribution >= 0.6 is 0 Å². The Morgan fingerprint density at radius 3 is 3.00 bits per heavy atom. The van der Waals surface area contributed by atoms with Gasteiger partial charge < -0.3 is 14.8 Å². The molecule has 0 aliphatic carbocycles. The maximum atomic E-state index is 13.7. The van der Waals surface area contributed by atoms with Gasteiger partial charge in [0, 0.05) is 24.9 Å². The smallest absolute Gasteiger partial charge is 0.243 e. The Bertz CT molecular complexity index is 839. The first-order valence-electron chi connectivity index (χ1n) is 9.91. The standard InChI is InChI=1S/C21H25FN4O2/c22-16-5-3-4-15(10-16)11-17-12-18-19(6-1-2-7-20(27)24-18)26(17)21(28)13-25-9-8-23-14-25/h3-5,8-10,14,17-19H,1-2,6-7,11-13H2,(H,24,27)/t17-,18+,19-/m1/s1. The van der Waals surface area contributed by atoms with Gasteiger partial charge in [-0.25, -0.2) is 9.37 Å². The Kier molecular flexibility index (Phi) is 5.41. The van der Waals surface area contributed by atoms with Crippen molar-refractivity contribution in [3.05, 3.63) is 54.4 Å². The number of imidazole rings is 1. The molecule has 1 N–H and O–H groups in total. The number of nitrogens with one attached hydrogen (secondary N) is 1. The maximum absolute atomic E-state index is 13.7. The first-order chi connectivity index (χ1) is 13.6. The van der Waals surface area contributed by atoms with E-state index in [0.717, 1.165) is 24.8 Å². The van der Waals surface area contributed by atoms with Gasteiger partial charge in [0.15, 0.2) is 0 Å². The summed E-state index contributed by atoms with van der Waals surface area (Å²) < 4.78 is 15.4. The quantitative estimate of drug-likeness (QED) is 0.880. The van der Waals surface area contributed by atoms with Gasteiger partial charge in [-0.05, 0) is 43.4 Å². The summed E-state index contributed by atoms with van der Waals surface area (Å²) in [6, 6.07) is 6.41. The summed E-state index contributed by atoms with van der Waals surface area (Å²) in [5, 5.41) is 3.13. The van der Waals surface area contributed by atoms with Crippen molar-refractivity contribution >= 4 is 11.8 Å². The van der Waals surface area contributed by atoms with Gasteiger partial charge >= 0.3 is 0 Å². The second-order valence-corrected chi connectivity index (χ2v) is 7.75. The molecular formula is C21H25FN4O2. The zero-order valence-electron chi connectivity index (χ0n) is 15.8.